The summed E-state index contributed by atoms with van der Waals surface area (Å²) in [5.41, 5.74) is 5.60. The Balaban J connectivity index is 2.28. The molecule has 1 amide bonds. The first kappa shape index (κ1) is 15.0. The summed E-state index contributed by atoms with van der Waals surface area (Å²) in [7, 11) is 0. The van der Waals surface area contributed by atoms with Gasteiger partial charge in [0, 0.05) is 23.3 Å². The Hall–Kier alpha value is -2.41. The first-order valence-corrected chi connectivity index (χ1v) is 6.15. The summed E-state index contributed by atoms with van der Waals surface area (Å²) < 4.78 is 39.3. The van der Waals surface area contributed by atoms with Crippen LogP contribution in [-0.2, 0) is 0 Å². The van der Waals surface area contributed by atoms with Crippen LogP contribution in [-0.4, -0.2) is 10.9 Å². The van der Waals surface area contributed by atoms with Crippen LogP contribution in [0.25, 0.3) is 0 Å². The van der Waals surface area contributed by atoms with Crippen molar-refractivity contribution in [2.75, 3.05) is 5.32 Å². The van der Waals surface area contributed by atoms with Crippen molar-refractivity contribution < 1.29 is 18.0 Å². The van der Waals surface area contributed by atoms with E-state index < -0.39 is 29.0 Å². The van der Waals surface area contributed by atoms with Gasteiger partial charge in [-0.3, -0.25) is 4.79 Å². The standard InChI is InChI=1S/C14H9F3N2OS/c15-9-5-11(17)12(6-10(9)16)19-14(20)8-3-1-2-7(4-8)13(18)21/h1-6H,(H2,18,21)(H,19,20). The zero-order valence-corrected chi connectivity index (χ0v) is 11.3. The third-order valence-electron chi connectivity index (χ3n) is 2.67. The van der Waals surface area contributed by atoms with Gasteiger partial charge in [-0.15, -0.1) is 0 Å². The molecule has 108 valence electrons. The van der Waals surface area contributed by atoms with Gasteiger partial charge in [0.2, 0.25) is 0 Å². The van der Waals surface area contributed by atoms with Crippen molar-refractivity contribution in [2.24, 2.45) is 5.73 Å². The Labute approximate surface area is 123 Å². The molecule has 2 aromatic rings. The number of hydrogen-bond donors (Lipinski definition) is 2. The molecular weight excluding hydrogens is 301 g/mol. The highest BCUT2D eigenvalue weighted by Crippen LogP contribution is 2.19. The molecule has 0 saturated carbocycles. The Kier molecular flexibility index (Phi) is 4.23. The van der Waals surface area contributed by atoms with E-state index in [1.165, 1.54) is 12.1 Å². The number of nitrogens with two attached hydrogens (primary N) is 1. The average molecular weight is 310 g/mol. The fraction of sp³-hybridized carbons (Fsp3) is 0. The summed E-state index contributed by atoms with van der Waals surface area (Å²) in [6.07, 6.45) is 0. The number of halogens is 3. The normalized spacial score (nSPS) is 10.2. The Bertz CT molecular complexity index is 734. The molecule has 0 bridgehead atoms. The largest absolute Gasteiger partial charge is 0.389 e. The summed E-state index contributed by atoms with van der Waals surface area (Å²) >= 11 is 4.78. The van der Waals surface area contributed by atoms with Crippen LogP contribution in [0.15, 0.2) is 36.4 Å². The topological polar surface area (TPSA) is 55.1 Å². The molecule has 0 fully saturated rings. The van der Waals surface area contributed by atoms with Crippen molar-refractivity contribution in [1.29, 1.82) is 0 Å². The molecule has 21 heavy (non-hydrogen) atoms. The Morgan fingerprint density at radius 2 is 1.62 bits per heavy atom. The lowest BCUT2D eigenvalue weighted by atomic mass is 10.1. The fourth-order valence-electron chi connectivity index (χ4n) is 1.63. The van der Waals surface area contributed by atoms with Crippen molar-refractivity contribution in [3.05, 3.63) is 65.0 Å². The number of amides is 1. The molecule has 2 rings (SSSR count). The van der Waals surface area contributed by atoms with E-state index in [0.717, 1.165) is 0 Å². The van der Waals surface area contributed by atoms with Crippen molar-refractivity contribution in [3.63, 3.8) is 0 Å². The van der Waals surface area contributed by atoms with Gasteiger partial charge in [0.15, 0.2) is 11.6 Å². The highest BCUT2D eigenvalue weighted by Gasteiger charge is 2.14. The van der Waals surface area contributed by atoms with Crippen LogP contribution in [0.3, 0.4) is 0 Å². The Morgan fingerprint density at radius 3 is 2.29 bits per heavy atom. The monoisotopic (exact) mass is 310 g/mol. The van der Waals surface area contributed by atoms with E-state index in [1.54, 1.807) is 12.1 Å². The van der Waals surface area contributed by atoms with E-state index in [2.05, 4.69) is 5.32 Å². The van der Waals surface area contributed by atoms with E-state index in [4.69, 9.17) is 18.0 Å². The highest BCUT2D eigenvalue weighted by atomic mass is 32.1. The molecule has 0 radical (unpaired) electrons. The molecule has 3 N–H and O–H groups in total. The summed E-state index contributed by atoms with van der Waals surface area (Å²) in [6, 6.07) is 6.95. The van der Waals surface area contributed by atoms with Crippen LogP contribution in [0.1, 0.15) is 15.9 Å². The number of anilines is 1. The SMILES string of the molecule is NC(=S)c1cccc(C(=O)Nc2cc(F)c(F)cc2F)c1. The fourth-order valence-corrected chi connectivity index (χ4v) is 1.75. The van der Waals surface area contributed by atoms with Crippen LogP contribution in [0, 0.1) is 17.5 Å². The Morgan fingerprint density at radius 1 is 1.00 bits per heavy atom. The summed E-state index contributed by atoms with van der Waals surface area (Å²) in [4.78, 5) is 12.1. The van der Waals surface area contributed by atoms with Crippen molar-refractivity contribution in [1.82, 2.24) is 0 Å². The minimum Gasteiger partial charge on any atom is -0.389 e. The van der Waals surface area contributed by atoms with Crippen LogP contribution >= 0.6 is 12.2 Å². The molecule has 0 aromatic heterocycles. The number of benzene rings is 2. The number of thiocarbonyl (C=S) groups is 1. The molecule has 3 nitrogen and oxygen atoms in total. The van der Waals surface area contributed by atoms with Gasteiger partial charge in [-0.05, 0) is 12.1 Å². The van der Waals surface area contributed by atoms with Gasteiger partial charge in [0.05, 0.1) is 5.69 Å². The zero-order chi connectivity index (χ0) is 15.6. The molecule has 0 saturated heterocycles. The van der Waals surface area contributed by atoms with E-state index in [9.17, 15) is 18.0 Å². The first-order valence-electron chi connectivity index (χ1n) is 5.74. The number of carbonyl (C=O) groups is 1. The third kappa shape index (κ3) is 3.38. The van der Waals surface area contributed by atoms with Crippen molar-refractivity contribution >= 4 is 28.8 Å². The summed E-state index contributed by atoms with van der Waals surface area (Å²) in [6.45, 7) is 0. The molecule has 7 heteroatoms. The average Bonchev–Trinajstić information content (AvgIpc) is 2.44. The maximum Gasteiger partial charge on any atom is 0.255 e. The molecule has 2 aromatic carbocycles. The van der Waals surface area contributed by atoms with Gasteiger partial charge in [-0.1, -0.05) is 24.4 Å². The second-order valence-corrected chi connectivity index (χ2v) is 4.59. The number of hydrogen-bond acceptors (Lipinski definition) is 2. The minimum absolute atomic E-state index is 0.101. The van der Waals surface area contributed by atoms with E-state index >= 15 is 0 Å². The lowest BCUT2D eigenvalue weighted by Crippen LogP contribution is -2.15. The highest BCUT2D eigenvalue weighted by molar-refractivity contribution is 7.80. The molecule has 0 aliphatic carbocycles. The predicted molar refractivity (Wildman–Crippen MR) is 76.6 cm³/mol. The van der Waals surface area contributed by atoms with Gasteiger partial charge >= 0.3 is 0 Å². The van der Waals surface area contributed by atoms with Crippen molar-refractivity contribution in [3.8, 4) is 0 Å². The maximum absolute atomic E-state index is 13.5. The van der Waals surface area contributed by atoms with Crippen LogP contribution in [0.2, 0.25) is 0 Å². The van der Waals surface area contributed by atoms with Crippen molar-refractivity contribution in [2.45, 2.75) is 0 Å². The maximum atomic E-state index is 13.5. The predicted octanol–water partition coefficient (Wildman–Crippen LogP) is 2.99. The second kappa shape index (κ2) is 5.92. The summed E-state index contributed by atoms with van der Waals surface area (Å²) in [5, 5.41) is 2.16. The van der Waals surface area contributed by atoms with Gasteiger partial charge in [0.25, 0.3) is 5.91 Å². The lowest BCUT2D eigenvalue weighted by Gasteiger charge is -2.08. The van der Waals surface area contributed by atoms with E-state index in [-0.39, 0.29) is 10.6 Å². The third-order valence-corrected chi connectivity index (χ3v) is 2.90. The summed E-state index contributed by atoms with van der Waals surface area (Å²) in [5.74, 6) is -4.37. The molecule has 0 aliphatic rings. The van der Waals surface area contributed by atoms with Crippen LogP contribution in [0.5, 0.6) is 0 Å². The van der Waals surface area contributed by atoms with Gasteiger partial charge in [-0.25, -0.2) is 13.2 Å². The van der Waals surface area contributed by atoms with Gasteiger partial charge in [-0.2, -0.15) is 0 Å². The first-order chi connectivity index (χ1) is 9.88. The quantitative estimate of drug-likeness (QED) is 0.677. The smallest absolute Gasteiger partial charge is 0.255 e. The number of nitrogens with one attached hydrogen (secondary N) is 1. The number of rotatable bonds is 3. The van der Waals surface area contributed by atoms with Gasteiger partial charge in [0.1, 0.15) is 10.8 Å². The van der Waals surface area contributed by atoms with Gasteiger partial charge < -0.3 is 11.1 Å². The van der Waals surface area contributed by atoms with E-state index in [0.29, 0.717) is 17.7 Å². The second-order valence-electron chi connectivity index (χ2n) is 4.15. The molecular formula is C14H9F3N2OS. The van der Waals surface area contributed by atoms with E-state index in [1.807, 2.05) is 0 Å². The number of carbonyl (C=O) groups excluding carboxylic acids is 1. The molecule has 0 atom stereocenters. The zero-order valence-electron chi connectivity index (χ0n) is 10.5. The van der Waals surface area contributed by atoms with Crippen LogP contribution < -0.4 is 11.1 Å². The molecule has 0 aliphatic heterocycles. The lowest BCUT2D eigenvalue weighted by molar-refractivity contribution is 0.102. The molecule has 0 heterocycles. The van der Waals surface area contributed by atoms with Crippen LogP contribution in [0.4, 0.5) is 18.9 Å². The molecule has 0 unspecified atom stereocenters. The molecule has 0 spiro atoms. The minimum atomic E-state index is -1.33.